The molecule has 26 heavy (non-hydrogen) atoms. The van der Waals surface area contributed by atoms with Gasteiger partial charge in [-0.15, -0.1) is 7.92 Å². The minimum Gasteiger partial charge on any atom is -0.481 e. The fraction of sp³-hybridized carbons (Fsp3) is 0.609. The fourth-order valence-corrected chi connectivity index (χ4v) is 5.14. The molecule has 150 valence electrons. The van der Waals surface area contributed by atoms with Gasteiger partial charge < -0.3 is 5.11 Å². The van der Waals surface area contributed by atoms with Gasteiger partial charge in [0.1, 0.15) is 0 Å². The average Bonchev–Trinajstić information content (AvgIpc) is 2.62. The van der Waals surface area contributed by atoms with E-state index in [0.29, 0.717) is 7.92 Å². The van der Waals surface area contributed by atoms with E-state index in [1.165, 1.54) is 49.7 Å². The van der Waals surface area contributed by atoms with Crippen LogP contribution in [0.25, 0.3) is 6.08 Å². The number of hydrogen-bond donors (Lipinski definition) is 1. The molecule has 0 saturated heterocycles. The Hall–Kier alpha value is -1.14. The lowest BCUT2D eigenvalue weighted by Gasteiger charge is -2.16. The second-order valence-electron chi connectivity index (χ2n) is 6.54. The Morgan fingerprint density at radius 1 is 0.962 bits per heavy atom. The van der Waals surface area contributed by atoms with E-state index in [9.17, 15) is 0 Å². The van der Waals surface area contributed by atoms with Gasteiger partial charge in [0.25, 0.3) is 5.97 Å². The maximum Gasteiger partial charge on any atom is 0.300 e. The van der Waals surface area contributed by atoms with Crippen molar-refractivity contribution < 1.29 is 9.90 Å². The monoisotopic (exact) mass is 380 g/mol. The molecule has 0 aliphatic rings. The van der Waals surface area contributed by atoms with Crippen molar-refractivity contribution in [3.63, 3.8) is 0 Å². The first-order chi connectivity index (χ1) is 12.4. The van der Waals surface area contributed by atoms with Gasteiger partial charge >= 0.3 is 0 Å². The highest BCUT2D eigenvalue weighted by atomic mass is 31.1. The van der Waals surface area contributed by atoms with Gasteiger partial charge in [0.05, 0.1) is 0 Å². The lowest BCUT2D eigenvalue weighted by molar-refractivity contribution is -0.134. The summed E-state index contributed by atoms with van der Waals surface area (Å²) in [6.07, 6.45) is 15.1. The van der Waals surface area contributed by atoms with Crippen LogP contribution in [0.15, 0.2) is 30.8 Å². The molecule has 0 spiro atoms. The zero-order valence-corrected chi connectivity index (χ0v) is 18.7. The summed E-state index contributed by atoms with van der Waals surface area (Å²) in [5.41, 5.74) is 2.47. The lowest BCUT2D eigenvalue weighted by atomic mass is 10.2. The smallest absolute Gasteiger partial charge is 0.300 e. The molecule has 0 fully saturated rings. The number of carboxylic acid groups (broad SMARTS) is 1. The highest BCUT2D eigenvalue weighted by molar-refractivity contribution is 7.57. The topological polar surface area (TPSA) is 37.3 Å². The molecule has 1 N–H and O–H groups in total. The van der Waals surface area contributed by atoms with Crippen LogP contribution in [0.4, 0.5) is 0 Å². The summed E-state index contributed by atoms with van der Waals surface area (Å²) in [4.78, 5) is 9.00. The van der Waals surface area contributed by atoms with E-state index < -0.39 is 5.97 Å². The molecule has 1 aromatic carbocycles. The molecule has 0 aliphatic carbocycles. The molecule has 0 saturated carbocycles. The molecule has 1 rings (SSSR count). The van der Waals surface area contributed by atoms with Crippen LogP contribution in [0.3, 0.4) is 0 Å². The molecule has 0 heterocycles. The zero-order chi connectivity index (χ0) is 20.2. The minimum absolute atomic E-state index is 0.422. The van der Waals surface area contributed by atoms with Crippen molar-refractivity contribution in [1.82, 2.24) is 0 Å². The molecule has 0 radical (unpaired) electrons. The molecule has 0 bridgehead atoms. The Bertz CT molecular complexity index is 417. The molecule has 0 amide bonds. The predicted molar refractivity (Wildman–Crippen MR) is 121 cm³/mol. The third kappa shape index (κ3) is 20.9. The molecular weight excluding hydrogens is 339 g/mol. The quantitative estimate of drug-likeness (QED) is 0.424. The normalized spacial score (nSPS) is 9.62. The van der Waals surface area contributed by atoms with Crippen LogP contribution in [0.5, 0.6) is 0 Å². The van der Waals surface area contributed by atoms with Gasteiger partial charge in [-0.1, -0.05) is 82.5 Å². The number of aliphatic carboxylic acids is 1. The Morgan fingerprint density at radius 2 is 1.31 bits per heavy atom. The first kappa shape index (κ1) is 27.1. The first-order valence-corrected chi connectivity index (χ1v) is 11.9. The Balaban J connectivity index is 0. The molecule has 0 aromatic heterocycles. The third-order valence-corrected chi connectivity index (χ3v) is 6.64. The van der Waals surface area contributed by atoms with E-state index in [1.807, 2.05) is 6.08 Å². The highest BCUT2D eigenvalue weighted by Crippen LogP contribution is 2.38. The molecule has 0 atom stereocenters. The summed E-state index contributed by atoms with van der Waals surface area (Å²) in [7, 11) is 0.422. The van der Waals surface area contributed by atoms with Gasteiger partial charge in [0.2, 0.25) is 0 Å². The van der Waals surface area contributed by atoms with E-state index in [-0.39, 0.29) is 0 Å². The largest absolute Gasteiger partial charge is 0.481 e. The summed E-state index contributed by atoms with van der Waals surface area (Å²) in [5, 5.41) is 7.42. The average molecular weight is 381 g/mol. The highest BCUT2D eigenvalue weighted by Gasteiger charge is 2.05. The fourth-order valence-electron chi connectivity index (χ4n) is 2.18. The van der Waals surface area contributed by atoms with E-state index in [2.05, 4.69) is 58.5 Å². The van der Waals surface area contributed by atoms with Crippen molar-refractivity contribution in [3.05, 3.63) is 42.0 Å². The lowest BCUT2D eigenvalue weighted by Crippen LogP contribution is -1.95. The van der Waals surface area contributed by atoms with Crippen LogP contribution in [-0.4, -0.2) is 29.6 Å². The molecular formula is C23H41O2P. The van der Waals surface area contributed by atoms with Gasteiger partial charge in [-0.2, -0.15) is 0 Å². The maximum atomic E-state index is 9.00. The first-order valence-electron chi connectivity index (χ1n) is 10.0. The van der Waals surface area contributed by atoms with Gasteiger partial charge in [-0.3, -0.25) is 4.79 Å². The van der Waals surface area contributed by atoms with Crippen molar-refractivity contribution in [2.75, 3.05) is 18.5 Å². The second-order valence-corrected chi connectivity index (χ2v) is 9.22. The molecule has 0 aliphatic heterocycles. The summed E-state index contributed by atoms with van der Waals surface area (Å²) >= 11 is 0. The van der Waals surface area contributed by atoms with E-state index in [4.69, 9.17) is 9.90 Å². The number of aryl methyl sites for hydroxylation is 1. The van der Waals surface area contributed by atoms with Crippen LogP contribution in [-0.2, 0) is 4.79 Å². The molecule has 1 aromatic rings. The SMILES string of the molecule is C=Cc1ccc(C)cc1.CC(=O)O.CCCCP(CCCC)CCCC. The second kappa shape index (κ2) is 20.2. The van der Waals surface area contributed by atoms with E-state index in [1.54, 1.807) is 18.5 Å². The van der Waals surface area contributed by atoms with Gasteiger partial charge in [-0.05, 0) is 50.2 Å². The Kier molecular flexibility index (Phi) is 21.0. The van der Waals surface area contributed by atoms with Crippen molar-refractivity contribution in [2.24, 2.45) is 0 Å². The molecule has 2 nitrogen and oxygen atoms in total. The van der Waals surface area contributed by atoms with Crippen LogP contribution < -0.4 is 0 Å². The number of hydrogen-bond acceptors (Lipinski definition) is 1. The van der Waals surface area contributed by atoms with Crippen LogP contribution in [0.2, 0.25) is 0 Å². The number of carbonyl (C=O) groups is 1. The number of carboxylic acids is 1. The summed E-state index contributed by atoms with van der Waals surface area (Å²) in [6.45, 7) is 13.8. The van der Waals surface area contributed by atoms with Crippen LogP contribution in [0.1, 0.15) is 77.3 Å². The van der Waals surface area contributed by atoms with Crippen molar-refractivity contribution >= 4 is 20.0 Å². The Morgan fingerprint density at radius 3 is 1.58 bits per heavy atom. The van der Waals surface area contributed by atoms with Crippen LogP contribution >= 0.6 is 7.92 Å². The van der Waals surface area contributed by atoms with Gasteiger partial charge in [0, 0.05) is 6.92 Å². The standard InChI is InChI=1S/C12H27P.C9H10.C2H4O2/c1-4-7-10-13(11-8-5-2)12-9-6-3;1-3-9-6-4-8(2)5-7-9;1-2(3)4/h4-12H2,1-3H3;3-7H,1H2,2H3;1H3,(H,3,4). The van der Waals surface area contributed by atoms with Crippen molar-refractivity contribution in [1.29, 1.82) is 0 Å². The van der Waals surface area contributed by atoms with Crippen molar-refractivity contribution in [3.8, 4) is 0 Å². The van der Waals surface area contributed by atoms with Crippen molar-refractivity contribution in [2.45, 2.75) is 73.1 Å². The zero-order valence-electron chi connectivity index (χ0n) is 17.8. The van der Waals surface area contributed by atoms with E-state index in [0.717, 1.165) is 6.92 Å². The van der Waals surface area contributed by atoms with Gasteiger partial charge in [0.15, 0.2) is 0 Å². The minimum atomic E-state index is -0.833. The predicted octanol–water partition coefficient (Wildman–Crippen LogP) is 7.60. The molecule has 0 unspecified atom stereocenters. The number of benzene rings is 1. The number of rotatable bonds is 10. The summed E-state index contributed by atoms with van der Waals surface area (Å²) in [5.74, 6) is -0.833. The maximum absolute atomic E-state index is 9.00. The Labute approximate surface area is 163 Å². The third-order valence-electron chi connectivity index (χ3n) is 3.80. The summed E-state index contributed by atoms with van der Waals surface area (Å²) < 4.78 is 0. The molecule has 3 heteroatoms. The number of unbranched alkanes of at least 4 members (excludes halogenated alkanes) is 3. The van der Waals surface area contributed by atoms with Crippen LogP contribution in [0, 0.1) is 6.92 Å². The van der Waals surface area contributed by atoms with E-state index >= 15 is 0 Å². The van der Waals surface area contributed by atoms with Gasteiger partial charge in [-0.25, -0.2) is 0 Å². The summed E-state index contributed by atoms with van der Waals surface area (Å²) in [6, 6.07) is 8.28.